The third-order valence-corrected chi connectivity index (χ3v) is 2.55. The molecule has 4 nitrogen and oxygen atoms in total. The van der Waals surface area contributed by atoms with Crippen LogP contribution in [0.5, 0.6) is 0 Å². The molecule has 0 radical (unpaired) electrons. The molecule has 0 aliphatic rings. The lowest BCUT2D eigenvalue weighted by Gasteiger charge is -2.09. The van der Waals surface area contributed by atoms with Crippen molar-refractivity contribution in [2.75, 3.05) is 6.61 Å². The molecule has 1 unspecified atom stereocenters. The van der Waals surface area contributed by atoms with Crippen LogP contribution in [-0.4, -0.2) is 16.9 Å². The van der Waals surface area contributed by atoms with Crippen molar-refractivity contribution in [3.63, 3.8) is 0 Å². The summed E-state index contributed by atoms with van der Waals surface area (Å²) in [6, 6.07) is 5.59. The first kappa shape index (κ1) is 10.1. The predicted octanol–water partition coefficient (Wildman–Crippen LogP) is 1.52. The number of hydrogen-bond donors (Lipinski definition) is 2. The fraction of sp³-hybridized carbons (Fsp3) is 0.364. The van der Waals surface area contributed by atoms with Crippen LogP contribution >= 0.6 is 0 Å². The summed E-state index contributed by atoms with van der Waals surface area (Å²) in [5.41, 5.74) is 8.43. The maximum absolute atomic E-state index is 8.85. The quantitative estimate of drug-likeness (QED) is 0.798. The molecule has 3 N–H and O–H groups in total. The normalized spacial score (nSPS) is 13.3. The number of benzene rings is 1. The molecule has 15 heavy (non-hydrogen) atoms. The van der Waals surface area contributed by atoms with Gasteiger partial charge in [-0.25, -0.2) is 0 Å². The molecule has 4 heteroatoms. The van der Waals surface area contributed by atoms with Gasteiger partial charge in [0, 0.05) is 23.6 Å². The molecule has 2 aromatic rings. The van der Waals surface area contributed by atoms with E-state index in [0.29, 0.717) is 6.42 Å². The highest BCUT2D eigenvalue weighted by Gasteiger charge is 2.13. The molecule has 0 saturated heterocycles. The van der Waals surface area contributed by atoms with E-state index < -0.39 is 0 Å². The number of aliphatic hydroxyl groups excluding tert-OH is 1. The Labute approximate surface area is 87.7 Å². The molecular weight excluding hydrogens is 192 g/mol. The van der Waals surface area contributed by atoms with Gasteiger partial charge in [-0.1, -0.05) is 17.3 Å². The Balaban J connectivity index is 2.51. The van der Waals surface area contributed by atoms with Gasteiger partial charge in [-0.2, -0.15) is 0 Å². The van der Waals surface area contributed by atoms with Crippen molar-refractivity contribution < 1.29 is 9.63 Å². The van der Waals surface area contributed by atoms with Crippen molar-refractivity contribution in [3.8, 4) is 0 Å². The van der Waals surface area contributed by atoms with E-state index in [0.717, 1.165) is 22.2 Å². The van der Waals surface area contributed by atoms with Crippen LogP contribution in [0.3, 0.4) is 0 Å². The van der Waals surface area contributed by atoms with Crippen LogP contribution in [0.1, 0.15) is 23.7 Å². The Hall–Kier alpha value is -1.39. The highest BCUT2D eigenvalue weighted by atomic mass is 16.5. The van der Waals surface area contributed by atoms with Gasteiger partial charge in [-0.05, 0) is 19.4 Å². The zero-order valence-corrected chi connectivity index (χ0v) is 8.60. The largest absolute Gasteiger partial charge is 0.396 e. The van der Waals surface area contributed by atoms with E-state index in [1.807, 2.05) is 25.1 Å². The Kier molecular flexibility index (Phi) is 2.70. The second kappa shape index (κ2) is 4.00. The van der Waals surface area contributed by atoms with Crippen molar-refractivity contribution in [3.05, 3.63) is 29.5 Å². The van der Waals surface area contributed by atoms with E-state index in [1.165, 1.54) is 0 Å². The summed E-state index contributed by atoms with van der Waals surface area (Å²) in [5.74, 6) is 0. The smallest absolute Gasteiger partial charge is 0.171 e. The van der Waals surface area contributed by atoms with Gasteiger partial charge in [-0.3, -0.25) is 0 Å². The Morgan fingerprint density at radius 2 is 2.33 bits per heavy atom. The summed E-state index contributed by atoms with van der Waals surface area (Å²) in [7, 11) is 0. The SMILES string of the molecule is Cc1noc2c(C(N)CCO)cccc12. The van der Waals surface area contributed by atoms with Gasteiger partial charge >= 0.3 is 0 Å². The minimum Gasteiger partial charge on any atom is -0.396 e. The van der Waals surface area contributed by atoms with Crippen molar-refractivity contribution in [2.24, 2.45) is 5.73 Å². The molecule has 80 valence electrons. The number of nitrogens with two attached hydrogens (primary N) is 1. The monoisotopic (exact) mass is 206 g/mol. The summed E-state index contributed by atoms with van der Waals surface area (Å²) in [6.07, 6.45) is 0.527. The van der Waals surface area contributed by atoms with Crippen LogP contribution in [0, 0.1) is 6.92 Å². The summed E-state index contributed by atoms with van der Waals surface area (Å²) in [4.78, 5) is 0. The molecule has 0 aliphatic carbocycles. The maximum Gasteiger partial charge on any atom is 0.171 e. The number of hydrogen-bond acceptors (Lipinski definition) is 4. The van der Waals surface area contributed by atoms with Crippen LogP contribution < -0.4 is 5.73 Å². The summed E-state index contributed by atoms with van der Waals surface area (Å²) >= 11 is 0. The molecular formula is C11H14N2O2. The number of aromatic nitrogens is 1. The van der Waals surface area contributed by atoms with E-state index in [1.54, 1.807) is 0 Å². The molecule has 0 aliphatic heterocycles. The number of nitrogens with zero attached hydrogens (tertiary/aromatic N) is 1. The molecule has 1 aromatic carbocycles. The first-order chi connectivity index (χ1) is 7.24. The number of para-hydroxylation sites is 1. The van der Waals surface area contributed by atoms with Gasteiger partial charge in [0.25, 0.3) is 0 Å². The lowest BCUT2D eigenvalue weighted by molar-refractivity contribution is 0.276. The third-order valence-electron chi connectivity index (χ3n) is 2.55. The van der Waals surface area contributed by atoms with Crippen LogP contribution in [0.4, 0.5) is 0 Å². The fourth-order valence-electron chi connectivity index (χ4n) is 1.69. The lowest BCUT2D eigenvalue weighted by atomic mass is 10.0. The number of rotatable bonds is 3. The second-order valence-corrected chi connectivity index (χ2v) is 3.61. The standard InChI is InChI=1S/C11H14N2O2/c1-7-8-3-2-4-9(10(12)5-6-14)11(8)15-13-7/h2-4,10,14H,5-6,12H2,1H3. The van der Waals surface area contributed by atoms with Crippen molar-refractivity contribution in [1.82, 2.24) is 5.16 Å². The molecule has 0 spiro atoms. The van der Waals surface area contributed by atoms with Crippen molar-refractivity contribution >= 4 is 11.0 Å². The average molecular weight is 206 g/mol. The Morgan fingerprint density at radius 3 is 3.07 bits per heavy atom. The molecule has 1 heterocycles. The fourth-order valence-corrected chi connectivity index (χ4v) is 1.69. The molecule has 1 atom stereocenters. The summed E-state index contributed by atoms with van der Waals surface area (Å²) in [5, 5.41) is 13.7. The van der Waals surface area contributed by atoms with Gasteiger partial charge in [0.05, 0.1) is 5.69 Å². The van der Waals surface area contributed by atoms with Gasteiger partial charge < -0.3 is 15.4 Å². The Bertz CT molecular complexity index is 465. The zero-order chi connectivity index (χ0) is 10.8. The van der Waals surface area contributed by atoms with Crippen molar-refractivity contribution in [1.29, 1.82) is 0 Å². The van der Waals surface area contributed by atoms with Crippen LogP contribution in [0.25, 0.3) is 11.0 Å². The van der Waals surface area contributed by atoms with Gasteiger partial charge in [0.2, 0.25) is 0 Å². The second-order valence-electron chi connectivity index (χ2n) is 3.61. The third kappa shape index (κ3) is 1.73. The molecule has 0 bridgehead atoms. The van der Waals surface area contributed by atoms with Crippen LogP contribution in [0.15, 0.2) is 22.7 Å². The van der Waals surface area contributed by atoms with Crippen LogP contribution in [-0.2, 0) is 0 Å². The molecule has 0 saturated carbocycles. The number of aryl methyl sites for hydroxylation is 1. The minimum atomic E-state index is -0.203. The maximum atomic E-state index is 8.85. The predicted molar refractivity (Wildman–Crippen MR) is 57.4 cm³/mol. The van der Waals surface area contributed by atoms with Gasteiger partial charge in [0.1, 0.15) is 0 Å². The molecule has 0 fully saturated rings. The average Bonchev–Trinajstić information content (AvgIpc) is 2.61. The van der Waals surface area contributed by atoms with Crippen molar-refractivity contribution in [2.45, 2.75) is 19.4 Å². The highest BCUT2D eigenvalue weighted by Crippen LogP contribution is 2.26. The van der Waals surface area contributed by atoms with E-state index in [4.69, 9.17) is 15.4 Å². The lowest BCUT2D eigenvalue weighted by Crippen LogP contribution is -2.11. The van der Waals surface area contributed by atoms with Crippen LogP contribution in [0.2, 0.25) is 0 Å². The number of fused-ring (bicyclic) bond motifs is 1. The molecule has 1 aromatic heterocycles. The molecule has 0 amide bonds. The van der Waals surface area contributed by atoms with Gasteiger partial charge in [0.15, 0.2) is 5.58 Å². The van der Waals surface area contributed by atoms with E-state index >= 15 is 0 Å². The van der Waals surface area contributed by atoms with E-state index in [-0.39, 0.29) is 12.6 Å². The zero-order valence-electron chi connectivity index (χ0n) is 8.60. The topological polar surface area (TPSA) is 72.3 Å². The highest BCUT2D eigenvalue weighted by molar-refractivity contribution is 5.82. The summed E-state index contributed by atoms with van der Waals surface area (Å²) < 4.78 is 5.24. The summed E-state index contributed by atoms with van der Waals surface area (Å²) in [6.45, 7) is 1.97. The molecule has 2 rings (SSSR count). The number of aliphatic hydroxyl groups is 1. The van der Waals surface area contributed by atoms with E-state index in [2.05, 4.69) is 5.16 Å². The Morgan fingerprint density at radius 1 is 1.53 bits per heavy atom. The first-order valence-electron chi connectivity index (χ1n) is 4.95. The first-order valence-corrected chi connectivity index (χ1v) is 4.95. The minimum absolute atomic E-state index is 0.0741. The van der Waals surface area contributed by atoms with Gasteiger partial charge in [-0.15, -0.1) is 0 Å². The van der Waals surface area contributed by atoms with E-state index in [9.17, 15) is 0 Å².